The Kier molecular flexibility index (Phi) is 14.2. The van der Waals surface area contributed by atoms with Gasteiger partial charge in [0.25, 0.3) is 0 Å². The van der Waals surface area contributed by atoms with E-state index >= 15 is 0 Å². The molecule has 0 saturated carbocycles. The van der Waals surface area contributed by atoms with Gasteiger partial charge in [-0.1, -0.05) is 249 Å². The second kappa shape index (κ2) is 24.4. The Labute approximate surface area is 578 Å². The molecule has 0 unspecified atom stereocenters. The van der Waals surface area contributed by atoms with Crippen LogP contribution in [0.3, 0.4) is 0 Å². The average Bonchev–Trinajstić information content (AvgIpc) is 1.60. The van der Waals surface area contributed by atoms with E-state index in [2.05, 4.69) is 387 Å². The molecule has 0 fully saturated rings. The summed E-state index contributed by atoms with van der Waals surface area (Å²) in [5, 5.41) is 10.00. The van der Waals surface area contributed by atoms with E-state index in [-0.39, 0.29) is 0 Å². The molecule has 100 heavy (non-hydrogen) atoms. The minimum Gasteiger partial charge on any atom is -0.309 e. The summed E-state index contributed by atoms with van der Waals surface area (Å²) in [5.74, 6) is 0. The van der Waals surface area contributed by atoms with Gasteiger partial charge in [-0.3, -0.25) is 4.98 Å². The van der Waals surface area contributed by atoms with Gasteiger partial charge in [-0.25, -0.2) is 0 Å². The van der Waals surface area contributed by atoms with Crippen LogP contribution in [-0.4, -0.2) is 23.3 Å². The number of pyridine rings is 1. The van der Waals surface area contributed by atoms with Crippen LogP contribution in [0.15, 0.2) is 382 Å². The largest absolute Gasteiger partial charge is 0.309 e. The van der Waals surface area contributed by atoms with Crippen molar-refractivity contribution < 1.29 is 0 Å². The minimum atomic E-state index is 0.971. The fraction of sp³-hybridized carbons (Fsp3) is 0. The zero-order valence-electron chi connectivity index (χ0n) is 54.6. The van der Waals surface area contributed by atoms with Gasteiger partial charge in [0.05, 0.1) is 49.8 Å². The lowest BCUT2D eigenvalue weighted by Crippen LogP contribution is -1.95. The summed E-state index contributed by atoms with van der Waals surface area (Å²) in [6, 6.07) is 136. The van der Waals surface area contributed by atoms with Crippen molar-refractivity contribution in [2.24, 2.45) is 0 Å². The third kappa shape index (κ3) is 10.1. The van der Waals surface area contributed by atoms with Crippen LogP contribution in [0, 0.1) is 0 Å². The predicted octanol–water partition coefficient (Wildman–Crippen LogP) is 25.2. The number of nitrogens with zero attached hydrogens (tertiary/aromatic N) is 5. The Morgan fingerprint density at radius 1 is 0.150 bits per heavy atom. The first-order valence-electron chi connectivity index (χ1n) is 34.2. The Hall–Kier alpha value is -13.4. The molecule has 20 aromatic rings. The molecule has 20 rings (SSSR count). The first-order valence-corrected chi connectivity index (χ1v) is 34.2. The molecule has 0 aliphatic heterocycles. The monoisotopic (exact) mass is 1270 g/mol. The number of rotatable bonds is 10. The van der Waals surface area contributed by atoms with Gasteiger partial charge in [0.2, 0.25) is 0 Å². The van der Waals surface area contributed by atoms with E-state index in [1.807, 2.05) is 18.3 Å². The third-order valence-corrected chi connectivity index (χ3v) is 20.1. The number of hydrogen-bond acceptors (Lipinski definition) is 1. The van der Waals surface area contributed by atoms with Gasteiger partial charge in [-0.2, -0.15) is 0 Å². The van der Waals surface area contributed by atoms with Crippen molar-refractivity contribution in [3.8, 4) is 89.6 Å². The normalized spacial score (nSPS) is 11.6. The highest BCUT2D eigenvalue weighted by atomic mass is 15.0. The van der Waals surface area contributed by atoms with E-state index in [9.17, 15) is 0 Å². The smallest absolute Gasteiger partial charge is 0.0702 e. The zero-order chi connectivity index (χ0) is 66.0. The maximum absolute atomic E-state index is 4.60. The van der Waals surface area contributed by atoms with Crippen molar-refractivity contribution in [1.29, 1.82) is 0 Å². The van der Waals surface area contributed by atoms with Crippen LogP contribution in [0.2, 0.25) is 0 Å². The molecule has 5 heteroatoms. The number of fused-ring (bicyclic) bond motifs is 12. The maximum Gasteiger partial charge on any atom is 0.0702 e. The molecule has 5 nitrogen and oxygen atoms in total. The molecule has 0 spiro atoms. The molecule has 15 aromatic carbocycles. The fourth-order valence-corrected chi connectivity index (χ4v) is 15.4. The third-order valence-electron chi connectivity index (χ3n) is 20.1. The molecule has 0 N–H and O–H groups in total. The first-order chi connectivity index (χ1) is 49.6. The van der Waals surface area contributed by atoms with Gasteiger partial charge in [-0.05, 0) is 183 Å². The van der Waals surface area contributed by atoms with Gasteiger partial charge in [0.15, 0.2) is 0 Å². The lowest BCUT2D eigenvalue weighted by Gasteiger charge is -2.12. The number of para-hydroxylation sites is 4. The molecule has 0 aliphatic rings. The molecule has 0 bridgehead atoms. The standard InChI is InChI=1S/C48H32N2.C47H31N3/c1-3-13-33(14-4-1)35-17-11-19-39(29-35)49-46-24-10-8-22-42(46)44-31-37(26-28-47(44)49)38-25-27-43-41-21-7-9-23-45(41)50(48(43)32-38)40-20-12-18-36(30-40)34-15-5-2-6-16-34;1-2-11-32(12-3-1)33-20-24-37(25-21-33)49-44-18-6-4-15-39(44)41-30-34(22-26-46(41)49)35-23-27-47-42(31-35)40-16-5-7-19-45(40)50(47)38-14-10-13-36(29-38)43-17-8-9-28-48-43/h1-32H;1-31H. The lowest BCUT2D eigenvalue weighted by molar-refractivity contribution is 1.18. The Morgan fingerprint density at radius 2 is 0.440 bits per heavy atom. The second-order valence-corrected chi connectivity index (χ2v) is 25.8. The van der Waals surface area contributed by atoms with E-state index in [0.29, 0.717) is 0 Å². The second-order valence-electron chi connectivity index (χ2n) is 25.8. The van der Waals surface area contributed by atoms with Gasteiger partial charge in [-0.15, -0.1) is 0 Å². The predicted molar refractivity (Wildman–Crippen MR) is 421 cm³/mol. The summed E-state index contributed by atoms with van der Waals surface area (Å²) in [4.78, 5) is 4.60. The SMILES string of the molecule is c1ccc(-c2ccc(-n3c4ccccc4c4cc(-c5ccc6c(c5)c5ccccc5n6-c5cccc(-c6ccccn6)c5)ccc43)cc2)cc1.c1ccc(-c2cccc(-n3c4ccccc4c4cc(-c5ccc6c7ccccc7n(-c7cccc(-c8ccccc8)c7)c6c5)ccc43)c2)cc1. The van der Waals surface area contributed by atoms with E-state index < -0.39 is 0 Å². The van der Waals surface area contributed by atoms with Gasteiger partial charge >= 0.3 is 0 Å². The molecule has 5 heterocycles. The van der Waals surface area contributed by atoms with Crippen LogP contribution in [-0.2, 0) is 0 Å². The fourth-order valence-electron chi connectivity index (χ4n) is 15.4. The zero-order valence-corrected chi connectivity index (χ0v) is 54.6. The van der Waals surface area contributed by atoms with Crippen LogP contribution in [0.4, 0.5) is 0 Å². The molecule has 0 atom stereocenters. The summed E-state index contributed by atoms with van der Waals surface area (Å²) in [6.45, 7) is 0. The van der Waals surface area contributed by atoms with Crippen LogP contribution < -0.4 is 0 Å². The molecular weight excluding hydrogens is 1210 g/mol. The minimum absolute atomic E-state index is 0.971. The van der Waals surface area contributed by atoms with Crippen molar-refractivity contribution in [3.63, 3.8) is 0 Å². The first kappa shape index (κ1) is 58.0. The Bertz CT molecular complexity index is 6490. The van der Waals surface area contributed by atoms with Crippen molar-refractivity contribution >= 4 is 87.2 Å². The number of aromatic nitrogens is 5. The molecule has 0 radical (unpaired) electrons. The van der Waals surface area contributed by atoms with Crippen molar-refractivity contribution in [3.05, 3.63) is 382 Å². The Morgan fingerprint density at radius 3 is 0.880 bits per heavy atom. The van der Waals surface area contributed by atoms with Crippen molar-refractivity contribution in [1.82, 2.24) is 23.3 Å². The molecule has 0 saturated heterocycles. The summed E-state index contributed by atoms with van der Waals surface area (Å²) in [6.07, 6.45) is 1.85. The summed E-state index contributed by atoms with van der Waals surface area (Å²) in [5.41, 5.74) is 28.4. The average molecular weight is 1270 g/mol. The molecule has 5 aromatic heterocycles. The summed E-state index contributed by atoms with van der Waals surface area (Å²) >= 11 is 0. The van der Waals surface area contributed by atoms with Gasteiger partial charge < -0.3 is 18.3 Å². The summed E-state index contributed by atoms with van der Waals surface area (Å²) < 4.78 is 9.59. The van der Waals surface area contributed by atoms with Crippen LogP contribution in [0.5, 0.6) is 0 Å². The van der Waals surface area contributed by atoms with Crippen LogP contribution >= 0.6 is 0 Å². The van der Waals surface area contributed by atoms with E-state index in [0.717, 1.165) is 34.0 Å². The quantitative estimate of drug-likeness (QED) is 0.134. The number of hydrogen-bond donors (Lipinski definition) is 0. The van der Waals surface area contributed by atoms with Gasteiger partial charge in [0, 0.05) is 77.6 Å². The molecular formula is C95H63N5. The maximum atomic E-state index is 4.60. The van der Waals surface area contributed by atoms with Crippen LogP contribution in [0.25, 0.3) is 177 Å². The highest BCUT2D eigenvalue weighted by molar-refractivity contribution is 6.15. The van der Waals surface area contributed by atoms with Crippen molar-refractivity contribution in [2.75, 3.05) is 0 Å². The van der Waals surface area contributed by atoms with E-state index in [1.165, 1.54) is 143 Å². The van der Waals surface area contributed by atoms with E-state index in [1.54, 1.807) is 0 Å². The molecule has 0 aliphatic carbocycles. The number of benzene rings is 15. The van der Waals surface area contributed by atoms with E-state index in [4.69, 9.17) is 0 Å². The summed E-state index contributed by atoms with van der Waals surface area (Å²) in [7, 11) is 0. The Balaban J connectivity index is 0.000000139. The highest BCUT2D eigenvalue weighted by Crippen LogP contribution is 2.42. The topological polar surface area (TPSA) is 32.6 Å². The molecule has 0 amide bonds. The lowest BCUT2D eigenvalue weighted by atomic mass is 10.0. The molecule has 468 valence electrons. The van der Waals surface area contributed by atoms with Gasteiger partial charge in [0.1, 0.15) is 0 Å². The highest BCUT2D eigenvalue weighted by Gasteiger charge is 2.20. The van der Waals surface area contributed by atoms with Crippen LogP contribution in [0.1, 0.15) is 0 Å². The van der Waals surface area contributed by atoms with Crippen molar-refractivity contribution in [2.45, 2.75) is 0 Å².